The van der Waals surface area contributed by atoms with Crippen molar-refractivity contribution in [1.82, 2.24) is 15.0 Å². The number of nitrogens with zero attached hydrogens (tertiary/aromatic N) is 3. The zero-order chi connectivity index (χ0) is 14.5. The van der Waals surface area contributed by atoms with Gasteiger partial charge in [0, 0.05) is 12.7 Å². The molecule has 116 valence electrons. The smallest absolute Gasteiger partial charge is 0.0692 e. The minimum atomic E-state index is 0.931. The average molecular weight is 279 g/mol. The van der Waals surface area contributed by atoms with Crippen LogP contribution in [0.3, 0.4) is 0 Å². The van der Waals surface area contributed by atoms with Crippen LogP contribution in [-0.2, 0) is 6.54 Å². The van der Waals surface area contributed by atoms with Gasteiger partial charge in [-0.3, -0.25) is 4.68 Å². The van der Waals surface area contributed by atoms with Crippen molar-refractivity contribution >= 4 is 0 Å². The van der Waals surface area contributed by atoms with E-state index >= 15 is 0 Å². The Morgan fingerprint density at radius 2 is 1.55 bits per heavy atom. The van der Waals surface area contributed by atoms with Crippen molar-refractivity contribution in [2.45, 2.75) is 91.0 Å². The highest BCUT2D eigenvalue weighted by molar-refractivity contribution is 4.65. The minimum Gasteiger partial charge on any atom is -0.253 e. The van der Waals surface area contributed by atoms with E-state index in [-0.39, 0.29) is 0 Å². The molecular formula is C17H33N3. The average Bonchev–Trinajstić information content (AvgIpc) is 2.97. The molecule has 0 aliphatic heterocycles. The van der Waals surface area contributed by atoms with Gasteiger partial charge in [-0.05, 0) is 18.8 Å². The Morgan fingerprint density at radius 3 is 2.25 bits per heavy atom. The summed E-state index contributed by atoms with van der Waals surface area (Å²) in [5, 5.41) is 7.90. The Bertz CT molecular complexity index is 295. The fraction of sp³-hybridized carbons (Fsp3) is 0.882. The molecule has 0 amide bonds. The van der Waals surface area contributed by atoms with Gasteiger partial charge in [0.25, 0.3) is 0 Å². The molecule has 3 nitrogen and oxygen atoms in total. The van der Waals surface area contributed by atoms with Crippen LogP contribution in [0.5, 0.6) is 0 Å². The van der Waals surface area contributed by atoms with Gasteiger partial charge >= 0.3 is 0 Å². The molecule has 0 saturated heterocycles. The lowest BCUT2D eigenvalue weighted by atomic mass is 9.91. The van der Waals surface area contributed by atoms with Crippen LogP contribution in [0.25, 0.3) is 0 Å². The maximum absolute atomic E-state index is 4.04. The van der Waals surface area contributed by atoms with Crippen molar-refractivity contribution in [3.63, 3.8) is 0 Å². The van der Waals surface area contributed by atoms with Gasteiger partial charge in [0.2, 0.25) is 0 Å². The summed E-state index contributed by atoms with van der Waals surface area (Å²) >= 11 is 0. The number of hydrogen-bond acceptors (Lipinski definition) is 2. The molecule has 1 atom stereocenters. The Kier molecular flexibility index (Phi) is 10.3. The molecule has 0 bridgehead atoms. The molecule has 0 N–H and O–H groups in total. The molecule has 1 unspecified atom stereocenters. The van der Waals surface area contributed by atoms with Gasteiger partial charge in [-0.2, -0.15) is 0 Å². The predicted octanol–water partition coefficient (Wildman–Crippen LogP) is 5.23. The highest BCUT2D eigenvalue weighted by Gasteiger charge is 2.08. The first-order chi connectivity index (χ1) is 9.86. The third-order valence-corrected chi connectivity index (χ3v) is 4.15. The van der Waals surface area contributed by atoms with Crippen molar-refractivity contribution in [2.24, 2.45) is 5.92 Å². The summed E-state index contributed by atoms with van der Waals surface area (Å²) in [6.07, 6.45) is 18.9. The second kappa shape index (κ2) is 11.9. The van der Waals surface area contributed by atoms with E-state index in [4.69, 9.17) is 0 Å². The van der Waals surface area contributed by atoms with Crippen molar-refractivity contribution in [3.05, 3.63) is 12.4 Å². The monoisotopic (exact) mass is 279 g/mol. The van der Waals surface area contributed by atoms with Gasteiger partial charge in [0.15, 0.2) is 0 Å². The summed E-state index contributed by atoms with van der Waals surface area (Å²) in [7, 11) is 0. The lowest BCUT2D eigenvalue weighted by molar-refractivity contribution is 0.363. The molecular weight excluding hydrogens is 246 g/mol. The topological polar surface area (TPSA) is 30.7 Å². The third kappa shape index (κ3) is 8.34. The summed E-state index contributed by atoms with van der Waals surface area (Å²) in [5.74, 6) is 0.931. The van der Waals surface area contributed by atoms with Gasteiger partial charge in [-0.1, -0.05) is 76.8 Å². The van der Waals surface area contributed by atoms with E-state index in [0.29, 0.717) is 0 Å². The van der Waals surface area contributed by atoms with E-state index in [2.05, 4.69) is 24.2 Å². The molecule has 1 aromatic heterocycles. The van der Waals surface area contributed by atoms with Crippen LogP contribution in [0.15, 0.2) is 12.4 Å². The molecule has 1 heterocycles. The van der Waals surface area contributed by atoms with E-state index in [0.717, 1.165) is 12.5 Å². The van der Waals surface area contributed by atoms with Crippen LogP contribution in [0, 0.1) is 5.92 Å². The number of hydrogen-bond donors (Lipinski definition) is 0. The summed E-state index contributed by atoms with van der Waals surface area (Å²) in [6, 6.07) is 0. The summed E-state index contributed by atoms with van der Waals surface area (Å²) < 4.78 is 1.96. The van der Waals surface area contributed by atoms with Crippen LogP contribution in [0.1, 0.15) is 84.5 Å². The van der Waals surface area contributed by atoms with E-state index in [1.165, 1.54) is 70.6 Å². The first kappa shape index (κ1) is 17.2. The molecule has 0 saturated carbocycles. The number of unbranched alkanes of at least 4 members (excludes halogenated alkanes) is 5. The van der Waals surface area contributed by atoms with Gasteiger partial charge in [0.1, 0.15) is 0 Å². The number of rotatable bonds is 13. The Balaban J connectivity index is 2.13. The number of aryl methyl sites for hydroxylation is 1. The fourth-order valence-electron chi connectivity index (χ4n) is 2.86. The Labute approximate surface area is 125 Å². The van der Waals surface area contributed by atoms with E-state index in [1.54, 1.807) is 6.20 Å². The molecule has 0 aliphatic rings. The van der Waals surface area contributed by atoms with Crippen LogP contribution < -0.4 is 0 Å². The van der Waals surface area contributed by atoms with Crippen molar-refractivity contribution in [2.75, 3.05) is 0 Å². The first-order valence-electron chi connectivity index (χ1n) is 8.70. The van der Waals surface area contributed by atoms with Gasteiger partial charge in [0.05, 0.1) is 6.20 Å². The van der Waals surface area contributed by atoms with Crippen molar-refractivity contribution < 1.29 is 0 Å². The molecule has 20 heavy (non-hydrogen) atoms. The molecule has 1 aromatic rings. The maximum atomic E-state index is 4.04. The van der Waals surface area contributed by atoms with Crippen LogP contribution in [-0.4, -0.2) is 15.0 Å². The zero-order valence-electron chi connectivity index (χ0n) is 13.6. The second-order valence-corrected chi connectivity index (χ2v) is 6.02. The molecule has 0 aromatic carbocycles. The van der Waals surface area contributed by atoms with Gasteiger partial charge in [-0.25, -0.2) is 0 Å². The third-order valence-electron chi connectivity index (χ3n) is 4.15. The molecule has 3 heteroatoms. The van der Waals surface area contributed by atoms with Crippen molar-refractivity contribution in [3.8, 4) is 0 Å². The van der Waals surface area contributed by atoms with Gasteiger partial charge < -0.3 is 0 Å². The first-order valence-corrected chi connectivity index (χ1v) is 8.70. The summed E-state index contributed by atoms with van der Waals surface area (Å²) in [5.41, 5.74) is 0. The highest BCUT2D eigenvalue weighted by Crippen LogP contribution is 2.22. The Hall–Kier alpha value is -0.860. The van der Waals surface area contributed by atoms with E-state index in [9.17, 15) is 0 Å². The quantitative estimate of drug-likeness (QED) is 0.463. The summed E-state index contributed by atoms with van der Waals surface area (Å²) in [6.45, 7) is 5.61. The second-order valence-electron chi connectivity index (χ2n) is 6.02. The lowest BCUT2D eigenvalue weighted by Gasteiger charge is -2.16. The lowest BCUT2D eigenvalue weighted by Crippen LogP contribution is -2.05. The van der Waals surface area contributed by atoms with Crippen LogP contribution >= 0.6 is 0 Å². The standard InChI is InChI=1S/C17H33N3/c1-3-5-7-8-9-12-17(11-6-4-2)13-10-15-20-16-14-18-19-20/h14,16-17H,3-13,15H2,1-2H3. The molecule has 1 rings (SSSR count). The molecule has 0 spiro atoms. The molecule has 0 radical (unpaired) electrons. The normalized spacial score (nSPS) is 12.7. The zero-order valence-corrected chi connectivity index (χ0v) is 13.6. The van der Waals surface area contributed by atoms with Gasteiger partial charge in [-0.15, -0.1) is 5.10 Å². The van der Waals surface area contributed by atoms with Crippen molar-refractivity contribution in [1.29, 1.82) is 0 Å². The Morgan fingerprint density at radius 1 is 0.850 bits per heavy atom. The minimum absolute atomic E-state index is 0.931. The summed E-state index contributed by atoms with van der Waals surface area (Å²) in [4.78, 5) is 0. The molecule has 0 fully saturated rings. The van der Waals surface area contributed by atoms with E-state index < -0.39 is 0 Å². The highest BCUT2D eigenvalue weighted by atomic mass is 15.4. The number of aromatic nitrogens is 3. The maximum Gasteiger partial charge on any atom is 0.0692 e. The SMILES string of the molecule is CCCCCCCC(CCCC)CCCn1ccnn1. The predicted molar refractivity (Wildman–Crippen MR) is 85.6 cm³/mol. The van der Waals surface area contributed by atoms with Crippen LogP contribution in [0.2, 0.25) is 0 Å². The largest absolute Gasteiger partial charge is 0.253 e. The van der Waals surface area contributed by atoms with Crippen LogP contribution in [0.4, 0.5) is 0 Å². The molecule has 0 aliphatic carbocycles. The van der Waals surface area contributed by atoms with E-state index in [1.807, 2.05) is 10.9 Å². The fourth-order valence-corrected chi connectivity index (χ4v) is 2.86.